The number of amides is 2. The number of nitrogens with one attached hydrogen (secondary N) is 1. The van der Waals surface area contributed by atoms with Gasteiger partial charge in [-0.2, -0.15) is 0 Å². The third-order valence-electron chi connectivity index (χ3n) is 7.43. The molecule has 1 N–H and O–H groups in total. The van der Waals surface area contributed by atoms with Gasteiger partial charge in [-0.25, -0.2) is 12.8 Å². The van der Waals surface area contributed by atoms with Gasteiger partial charge in [0.05, 0.1) is 10.6 Å². The Hall–Kier alpha value is -3.43. The molecule has 3 aromatic carbocycles. The maximum Gasteiger partial charge on any atom is 0.264 e. The minimum absolute atomic E-state index is 0.0211. The summed E-state index contributed by atoms with van der Waals surface area (Å²) in [7, 11) is -4.35. The van der Waals surface area contributed by atoms with Crippen LogP contribution in [0.5, 0.6) is 0 Å². The van der Waals surface area contributed by atoms with E-state index >= 15 is 4.39 Å². The molecule has 1 aliphatic rings. The third-order valence-corrected chi connectivity index (χ3v) is 9.57. The number of aryl methyl sites for hydroxylation is 1. The highest BCUT2D eigenvalue weighted by atomic mass is 35.5. The topological polar surface area (TPSA) is 86.8 Å². The van der Waals surface area contributed by atoms with Crippen LogP contribution < -0.4 is 9.62 Å². The molecule has 1 fully saturated rings. The number of anilines is 1. The molecule has 2 amide bonds. The fourth-order valence-electron chi connectivity index (χ4n) is 4.97. The summed E-state index contributed by atoms with van der Waals surface area (Å²) < 4.78 is 43.4. The Balaban J connectivity index is 1.69. The molecule has 218 valence electrons. The van der Waals surface area contributed by atoms with Crippen LogP contribution in [0.1, 0.15) is 50.2 Å². The minimum Gasteiger partial charge on any atom is -0.352 e. The summed E-state index contributed by atoms with van der Waals surface area (Å²) in [6, 6.07) is 17.5. The lowest BCUT2D eigenvalue weighted by atomic mass is 9.95. The molecular formula is C31H35ClFN3O4S. The average molecular weight is 600 g/mol. The van der Waals surface area contributed by atoms with E-state index in [0.717, 1.165) is 48.0 Å². The Morgan fingerprint density at radius 3 is 2.27 bits per heavy atom. The van der Waals surface area contributed by atoms with Gasteiger partial charge in [0.15, 0.2) is 0 Å². The molecule has 0 aliphatic heterocycles. The molecule has 0 bridgehead atoms. The quantitative estimate of drug-likeness (QED) is 0.317. The van der Waals surface area contributed by atoms with Gasteiger partial charge in [0.25, 0.3) is 10.0 Å². The Bertz CT molecular complexity index is 1480. The molecule has 1 aliphatic carbocycles. The van der Waals surface area contributed by atoms with Gasteiger partial charge in [-0.1, -0.05) is 78.9 Å². The second-order valence-corrected chi connectivity index (χ2v) is 12.7. The monoisotopic (exact) mass is 599 g/mol. The fourth-order valence-corrected chi connectivity index (χ4v) is 6.58. The second kappa shape index (κ2) is 13.5. The van der Waals surface area contributed by atoms with E-state index in [1.54, 1.807) is 43.3 Å². The van der Waals surface area contributed by atoms with Gasteiger partial charge >= 0.3 is 0 Å². The van der Waals surface area contributed by atoms with Crippen molar-refractivity contribution < 1.29 is 22.4 Å². The summed E-state index contributed by atoms with van der Waals surface area (Å²) in [5.74, 6) is -1.80. The molecule has 1 saturated carbocycles. The van der Waals surface area contributed by atoms with Gasteiger partial charge in [0.1, 0.15) is 18.4 Å². The second-order valence-electron chi connectivity index (χ2n) is 10.4. The Kier molecular flexibility index (Phi) is 10.0. The SMILES string of the molecule is Cc1ccc(S(=O)(=O)N(CC(=O)N(Cc2ccccc2Cl)[C@H](C)C(=O)NC2CCCCC2)c2ccccc2F)cc1. The lowest BCUT2D eigenvalue weighted by molar-refractivity contribution is -0.139. The predicted octanol–water partition coefficient (Wildman–Crippen LogP) is 5.85. The maximum absolute atomic E-state index is 15.0. The van der Waals surface area contributed by atoms with Crippen molar-refractivity contribution in [1.29, 1.82) is 0 Å². The van der Waals surface area contributed by atoms with Crippen LogP contribution in [0, 0.1) is 12.7 Å². The van der Waals surface area contributed by atoms with E-state index < -0.39 is 34.3 Å². The third kappa shape index (κ3) is 7.45. The van der Waals surface area contributed by atoms with E-state index in [1.165, 1.54) is 35.2 Å². The molecule has 0 heterocycles. The molecule has 0 aromatic heterocycles. The summed E-state index contributed by atoms with van der Waals surface area (Å²) in [5.41, 5.74) is 1.18. The van der Waals surface area contributed by atoms with Crippen molar-refractivity contribution in [2.24, 2.45) is 0 Å². The summed E-state index contributed by atoms with van der Waals surface area (Å²) in [6.45, 7) is 2.67. The molecule has 0 radical (unpaired) electrons. The summed E-state index contributed by atoms with van der Waals surface area (Å²) >= 11 is 6.41. The number of benzene rings is 3. The minimum atomic E-state index is -4.35. The molecule has 7 nitrogen and oxygen atoms in total. The Labute approximate surface area is 246 Å². The van der Waals surface area contributed by atoms with Gasteiger partial charge in [0, 0.05) is 17.6 Å². The highest BCUT2D eigenvalue weighted by Gasteiger charge is 2.34. The fraction of sp³-hybridized carbons (Fsp3) is 0.355. The highest BCUT2D eigenvalue weighted by molar-refractivity contribution is 7.92. The number of rotatable bonds is 10. The molecule has 0 saturated heterocycles. The van der Waals surface area contributed by atoms with E-state index in [1.807, 2.05) is 6.92 Å². The van der Waals surface area contributed by atoms with Crippen LogP contribution in [0.15, 0.2) is 77.7 Å². The van der Waals surface area contributed by atoms with Crippen molar-refractivity contribution in [2.75, 3.05) is 10.8 Å². The first-order valence-corrected chi connectivity index (χ1v) is 15.6. The van der Waals surface area contributed by atoms with Crippen LogP contribution in [-0.4, -0.2) is 43.8 Å². The van der Waals surface area contributed by atoms with Gasteiger partial charge in [-0.05, 0) is 62.6 Å². The van der Waals surface area contributed by atoms with Crippen LogP contribution in [0.4, 0.5) is 10.1 Å². The number of para-hydroxylation sites is 1. The van der Waals surface area contributed by atoms with Crippen molar-refractivity contribution in [3.63, 3.8) is 0 Å². The van der Waals surface area contributed by atoms with E-state index in [0.29, 0.717) is 10.6 Å². The first-order chi connectivity index (χ1) is 19.6. The summed E-state index contributed by atoms with van der Waals surface area (Å²) in [6.07, 6.45) is 4.91. The Morgan fingerprint density at radius 1 is 0.976 bits per heavy atom. The van der Waals surface area contributed by atoms with Gasteiger partial charge < -0.3 is 10.2 Å². The normalized spacial score (nSPS) is 14.7. The van der Waals surface area contributed by atoms with Gasteiger partial charge in [0.2, 0.25) is 11.8 Å². The van der Waals surface area contributed by atoms with Crippen LogP contribution in [0.3, 0.4) is 0 Å². The van der Waals surface area contributed by atoms with Gasteiger partial charge in [-0.3, -0.25) is 13.9 Å². The number of carbonyl (C=O) groups excluding carboxylic acids is 2. The first-order valence-electron chi connectivity index (χ1n) is 13.7. The van der Waals surface area contributed by atoms with Crippen molar-refractivity contribution in [1.82, 2.24) is 10.2 Å². The highest BCUT2D eigenvalue weighted by Crippen LogP contribution is 2.28. The zero-order valence-corrected chi connectivity index (χ0v) is 24.8. The molecule has 4 rings (SSSR count). The van der Waals surface area contributed by atoms with Crippen molar-refractivity contribution in [3.05, 3.63) is 94.8 Å². The van der Waals surface area contributed by atoms with Gasteiger partial charge in [-0.15, -0.1) is 0 Å². The number of halogens is 2. The van der Waals surface area contributed by atoms with Crippen LogP contribution in [0.25, 0.3) is 0 Å². The number of sulfonamides is 1. The largest absolute Gasteiger partial charge is 0.352 e. The van der Waals surface area contributed by atoms with Crippen molar-refractivity contribution >= 4 is 39.1 Å². The van der Waals surface area contributed by atoms with Crippen LogP contribution >= 0.6 is 11.6 Å². The molecule has 3 aromatic rings. The van der Waals surface area contributed by atoms with E-state index in [-0.39, 0.29) is 29.1 Å². The lowest BCUT2D eigenvalue weighted by Crippen LogP contribution is -2.53. The van der Waals surface area contributed by atoms with E-state index in [2.05, 4.69) is 5.32 Å². The molecular weight excluding hydrogens is 565 g/mol. The summed E-state index contributed by atoms with van der Waals surface area (Å²) in [4.78, 5) is 28.6. The molecule has 0 spiro atoms. The van der Waals surface area contributed by atoms with Crippen LogP contribution in [0.2, 0.25) is 5.02 Å². The van der Waals surface area contributed by atoms with Crippen LogP contribution in [-0.2, 0) is 26.2 Å². The van der Waals surface area contributed by atoms with E-state index in [4.69, 9.17) is 11.6 Å². The van der Waals surface area contributed by atoms with E-state index in [9.17, 15) is 18.0 Å². The Morgan fingerprint density at radius 2 is 1.61 bits per heavy atom. The molecule has 1 atom stereocenters. The molecule has 41 heavy (non-hydrogen) atoms. The van der Waals surface area contributed by atoms with Crippen molar-refractivity contribution in [3.8, 4) is 0 Å². The molecule has 0 unspecified atom stereocenters. The smallest absolute Gasteiger partial charge is 0.264 e. The first kappa shape index (κ1) is 30.5. The number of nitrogens with zero attached hydrogens (tertiary/aromatic N) is 2. The molecule has 10 heteroatoms. The average Bonchev–Trinajstić information content (AvgIpc) is 2.96. The predicted molar refractivity (Wildman–Crippen MR) is 159 cm³/mol. The lowest BCUT2D eigenvalue weighted by Gasteiger charge is -2.33. The summed E-state index contributed by atoms with van der Waals surface area (Å²) in [5, 5.41) is 3.46. The zero-order chi connectivity index (χ0) is 29.6. The van der Waals surface area contributed by atoms with Crippen molar-refractivity contribution in [2.45, 2.75) is 69.5 Å². The maximum atomic E-state index is 15.0. The standard InChI is InChI=1S/C31H35ClFN3O4S/c1-22-16-18-26(19-17-22)41(39,40)36(29-15-9-8-14-28(29)33)21-30(37)35(20-24-10-6-7-13-27(24)32)23(2)31(38)34-25-11-4-3-5-12-25/h6-10,13-19,23,25H,3-5,11-12,20-21H2,1-2H3,(H,34,38)/t23-/m1/s1. The number of hydrogen-bond donors (Lipinski definition) is 1. The number of carbonyl (C=O) groups is 2. The number of hydrogen-bond acceptors (Lipinski definition) is 4. The zero-order valence-electron chi connectivity index (χ0n) is 23.2.